The summed E-state index contributed by atoms with van der Waals surface area (Å²) in [6.07, 6.45) is 5.57. The Morgan fingerprint density at radius 3 is 2.57 bits per heavy atom. The molecule has 1 atom stereocenters. The molecule has 30 heavy (non-hydrogen) atoms. The van der Waals surface area contributed by atoms with E-state index in [0.717, 1.165) is 38.8 Å². The van der Waals surface area contributed by atoms with Gasteiger partial charge < -0.3 is 10.2 Å². The van der Waals surface area contributed by atoms with E-state index in [0.29, 0.717) is 35.9 Å². The van der Waals surface area contributed by atoms with Gasteiger partial charge in [0.2, 0.25) is 5.91 Å². The summed E-state index contributed by atoms with van der Waals surface area (Å²) < 4.78 is 13.0. The van der Waals surface area contributed by atoms with Crippen LogP contribution in [0.15, 0.2) is 30.5 Å². The van der Waals surface area contributed by atoms with Gasteiger partial charge in [0.05, 0.1) is 23.8 Å². The second-order valence-electron chi connectivity index (χ2n) is 7.92. The van der Waals surface area contributed by atoms with E-state index in [1.807, 2.05) is 4.90 Å². The van der Waals surface area contributed by atoms with E-state index in [1.54, 1.807) is 6.92 Å². The number of nitrogens with zero attached hydrogens (tertiary/aromatic N) is 4. The zero-order valence-electron chi connectivity index (χ0n) is 17.1. The molecule has 2 amide bonds. The molecule has 0 bridgehead atoms. The highest BCUT2D eigenvalue weighted by atomic mass is 19.1. The van der Waals surface area contributed by atoms with Crippen LogP contribution >= 0.6 is 0 Å². The van der Waals surface area contributed by atoms with Gasteiger partial charge in [-0.05, 0) is 70.0 Å². The smallest absolute Gasteiger partial charge is 0.259 e. The monoisotopic (exact) mass is 411 g/mol. The third kappa shape index (κ3) is 4.48. The number of aryl methyl sites for hydroxylation is 1. The number of amides is 2. The van der Waals surface area contributed by atoms with Gasteiger partial charge in [0, 0.05) is 18.4 Å². The molecule has 0 saturated carbocycles. The Morgan fingerprint density at radius 2 is 1.87 bits per heavy atom. The first-order chi connectivity index (χ1) is 14.5. The molecule has 7 nitrogen and oxygen atoms in total. The van der Waals surface area contributed by atoms with Crippen molar-refractivity contribution in [1.82, 2.24) is 19.8 Å². The summed E-state index contributed by atoms with van der Waals surface area (Å²) in [6, 6.07) is 5.43. The number of rotatable bonds is 5. The molecule has 1 N–H and O–H groups in total. The van der Waals surface area contributed by atoms with Crippen molar-refractivity contribution >= 4 is 17.5 Å². The lowest BCUT2D eigenvalue weighted by atomic mass is 10.1. The summed E-state index contributed by atoms with van der Waals surface area (Å²) in [4.78, 5) is 38.4. The minimum atomic E-state index is -0.364. The average Bonchev–Trinajstić information content (AvgIpc) is 3.41. The summed E-state index contributed by atoms with van der Waals surface area (Å²) in [5, 5.41) is 2.73. The van der Waals surface area contributed by atoms with E-state index in [4.69, 9.17) is 0 Å². The van der Waals surface area contributed by atoms with Crippen molar-refractivity contribution in [2.24, 2.45) is 0 Å². The van der Waals surface area contributed by atoms with Gasteiger partial charge in [0.15, 0.2) is 5.82 Å². The van der Waals surface area contributed by atoms with Crippen molar-refractivity contribution in [2.45, 2.75) is 38.6 Å². The predicted molar refractivity (Wildman–Crippen MR) is 110 cm³/mol. The fourth-order valence-corrected chi connectivity index (χ4v) is 4.16. The van der Waals surface area contributed by atoms with Gasteiger partial charge in [-0.2, -0.15) is 0 Å². The fourth-order valence-electron chi connectivity index (χ4n) is 4.16. The second kappa shape index (κ2) is 8.87. The lowest BCUT2D eigenvalue weighted by molar-refractivity contribution is -0.133. The number of likely N-dealkylation sites (tertiary alicyclic amines) is 2. The SMILES string of the molecule is Cc1nc(C2CCCN2C(=O)CN2CCCC2)ncc1C(=O)Nc1ccc(F)cc1. The molecule has 1 aromatic carbocycles. The van der Waals surface area contributed by atoms with Gasteiger partial charge in [-0.25, -0.2) is 14.4 Å². The molecule has 2 aliphatic rings. The Hall–Kier alpha value is -2.87. The fraction of sp³-hybridized carbons (Fsp3) is 0.455. The average molecular weight is 411 g/mol. The van der Waals surface area contributed by atoms with Crippen LogP contribution in [-0.4, -0.2) is 57.8 Å². The molecule has 3 heterocycles. The highest BCUT2D eigenvalue weighted by Gasteiger charge is 2.33. The molecule has 2 saturated heterocycles. The van der Waals surface area contributed by atoms with Crippen LogP contribution in [0.1, 0.15) is 53.6 Å². The minimum absolute atomic E-state index is 0.124. The molecule has 158 valence electrons. The highest BCUT2D eigenvalue weighted by Crippen LogP contribution is 2.30. The zero-order valence-corrected chi connectivity index (χ0v) is 17.1. The summed E-state index contributed by atoms with van der Waals surface area (Å²) in [7, 11) is 0. The van der Waals surface area contributed by atoms with Crippen LogP contribution in [-0.2, 0) is 4.79 Å². The van der Waals surface area contributed by atoms with Crippen LogP contribution in [0.3, 0.4) is 0 Å². The first-order valence-electron chi connectivity index (χ1n) is 10.4. The van der Waals surface area contributed by atoms with E-state index < -0.39 is 0 Å². The number of anilines is 1. The van der Waals surface area contributed by atoms with Gasteiger partial charge in [-0.1, -0.05) is 0 Å². The van der Waals surface area contributed by atoms with Gasteiger partial charge in [0.25, 0.3) is 5.91 Å². The molecule has 2 aromatic rings. The molecule has 8 heteroatoms. The number of nitrogens with one attached hydrogen (secondary N) is 1. The van der Waals surface area contributed by atoms with Crippen LogP contribution in [0.2, 0.25) is 0 Å². The Labute approximate surface area is 175 Å². The maximum absolute atomic E-state index is 13.0. The number of halogens is 1. The number of aromatic nitrogens is 2. The Kier molecular flexibility index (Phi) is 6.03. The predicted octanol–water partition coefficient (Wildman–Crippen LogP) is 2.94. The van der Waals surface area contributed by atoms with Crippen LogP contribution < -0.4 is 5.32 Å². The quantitative estimate of drug-likeness (QED) is 0.819. The largest absolute Gasteiger partial charge is 0.331 e. The number of carbonyl (C=O) groups excluding carboxylic acids is 2. The van der Waals surface area contributed by atoms with Crippen molar-refractivity contribution in [1.29, 1.82) is 0 Å². The molecule has 1 aromatic heterocycles. The molecule has 2 aliphatic heterocycles. The number of benzene rings is 1. The molecule has 4 rings (SSSR count). The maximum atomic E-state index is 13.0. The first kappa shape index (κ1) is 20.4. The van der Waals surface area contributed by atoms with Gasteiger partial charge >= 0.3 is 0 Å². The van der Waals surface area contributed by atoms with Gasteiger partial charge in [-0.3, -0.25) is 14.5 Å². The number of hydrogen-bond donors (Lipinski definition) is 1. The highest BCUT2D eigenvalue weighted by molar-refractivity contribution is 6.04. The Balaban J connectivity index is 1.45. The Bertz CT molecular complexity index is 928. The molecule has 0 radical (unpaired) electrons. The molecule has 1 unspecified atom stereocenters. The van der Waals surface area contributed by atoms with Crippen LogP contribution in [0, 0.1) is 12.7 Å². The van der Waals surface area contributed by atoms with Crippen molar-refractivity contribution in [2.75, 3.05) is 31.5 Å². The standard InChI is InChI=1S/C22H26FN5O2/c1-15-18(22(30)26-17-8-6-16(23)7-9-17)13-24-21(25-15)19-5-4-12-28(19)20(29)14-27-10-2-3-11-27/h6-9,13,19H,2-5,10-12,14H2,1H3,(H,26,30). The van der Waals surface area contributed by atoms with E-state index in [1.165, 1.54) is 30.5 Å². The first-order valence-corrected chi connectivity index (χ1v) is 10.4. The van der Waals surface area contributed by atoms with Gasteiger partial charge in [0.1, 0.15) is 5.82 Å². The summed E-state index contributed by atoms with van der Waals surface area (Å²) in [5.74, 6) is -0.00630. The van der Waals surface area contributed by atoms with Crippen molar-refractivity contribution < 1.29 is 14.0 Å². The molecule has 0 aliphatic carbocycles. The van der Waals surface area contributed by atoms with Crippen LogP contribution in [0.4, 0.5) is 10.1 Å². The van der Waals surface area contributed by atoms with Crippen LogP contribution in [0.25, 0.3) is 0 Å². The summed E-state index contributed by atoms with van der Waals surface area (Å²) in [6.45, 7) is 4.89. The zero-order chi connectivity index (χ0) is 21.1. The summed E-state index contributed by atoms with van der Waals surface area (Å²) in [5.41, 5.74) is 1.41. The van der Waals surface area contributed by atoms with Crippen molar-refractivity contribution in [3.63, 3.8) is 0 Å². The van der Waals surface area contributed by atoms with E-state index >= 15 is 0 Å². The number of carbonyl (C=O) groups is 2. The minimum Gasteiger partial charge on any atom is -0.331 e. The second-order valence-corrected chi connectivity index (χ2v) is 7.92. The van der Waals surface area contributed by atoms with Gasteiger partial charge in [-0.15, -0.1) is 0 Å². The summed E-state index contributed by atoms with van der Waals surface area (Å²) >= 11 is 0. The van der Waals surface area contributed by atoms with Crippen LogP contribution in [0.5, 0.6) is 0 Å². The third-order valence-electron chi connectivity index (χ3n) is 5.77. The van der Waals surface area contributed by atoms with E-state index in [9.17, 15) is 14.0 Å². The lowest BCUT2D eigenvalue weighted by Gasteiger charge is -2.26. The van der Waals surface area contributed by atoms with Crippen molar-refractivity contribution in [3.8, 4) is 0 Å². The molecule has 0 spiro atoms. The maximum Gasteiger partial charge on any atom is 0.259 e. The Morgan fingerprint density at radius 1 is 1.13 bits per heavy atom. The molecule has 2 fully saturated rings. The van der Waals surface area contributed by atoms with E-state index in [2.05, 4.69) is 20.2 Å². The molecular weight excluding hydrogens is 385 g/mol. The van der Waals surface area contributed by atoms with Crippen molar-refractivity contribution in [3.05, 3.63) is 53.4 Å². The molecular formula is C22H26FN5O2. The number of hydrogen-bond acceptors (Lipinski definition) is 5. The van der Waals surface area contributed by atoms with E-state index in [-0.39, 0.29) is 23.7 Å². The normalized spacial score (nSPS) is 19.3. The lowest BCUT2D eigenvalue weighted by Crippen LogP contribution is -2.39. The third-order valence-corrected chi connectivity index (χ3v) is 5.77. The topological polar surface area (TPSA) is 78.4 Å².